The maximum atomic E-state index is 12.6. The molecule has 12 nitrogen and oxygen atoms in total. The standard InChI is InChI=1S/C19H26N6O4.CH2O2/c1-12-22-13(9-28-12)16(27)24-18(2)11-19(29-10-14(18)26)4-7-25(8-5-19)17-21-6-3-15(20)23-17;2-1-3/h3,6,9,14,26H,4-5,7-8,10-11H2,1-2H3,(H,24,27)(H2,20,21,23);1H,(H,2,3)/t14-,18-;/m1./s1. The second-order valence-electron chi connectivity index (χ2n) is 8.18. The number of nitrogens with zero attached hydrogens (tertiary/aromatic N) is 4. The number of piperidine rings is 1. The number of nitrogens with two attached hydrogens (primary N) is 1. The maximum absolute atomic E-state index is 12.6. The van der Waals surface area contributed by atoms with Crippen LogP contribution in [0.5, 0.6) is 0 Å². The third-order valence-electron chi connectivity index (χ3n) is 5.84. The first-order valence-corrected chi connectivity index (χ1v) is 10.2. The van der Waals surface area contributed by atoms with Crippen molar-refractivity contribution < 1.29 is 29.0 Å². The number of anilines is 2. The molecule has 0 bridgehead atoms. The molecule has 5 N–H and O–H groups in total. The van der Waals surface area contributed by atoms with Gasteiger partial charge < -0.3 is 35.3 Å². The zero-order valence-corrected chi connectivity index (χ0v) is 18.0. The molecule has 0 aromatic carbocycles. The zero-order chi connectivity index (χ0) is 23.4. The molecule has 2 aromatic heterocycles. The van der Waals surface area contributed by atoms with Crippen LogP contribution < -0.4 is 16.0 Å². The number of aliphatic hydroxyl groups is 1. The number of nitrogens with one attached hydrogen (secondary N) is 1. The van der Waals surface area contributed by atoms with Gasteiger partial charge in [0, 0.05) is 32.6 Å². The van der Waals surface area contributed by atoms with Crippen LogP contribution in [0.25, 0.3) is 0 Å². The second-order valence-corrected chi connectivity index (χ2v) is 8.18. The smallest absolute Gasteiger partial charge is 0.290 e. The Balaban J connectivity index is 0.000000913. The number of aryl methyl sites for hydroxylation is 1. The Kier molecular flexibility index (Phi) is 6.94. The van der Waals surface area contributed by atoms with E-state index in [0.29, 0.717) is 37.2 Å². The Labute approximate surface area is 184 Å². The number of carboxylic acid groups (broad SMARTS) is 1. The number of hydrogen-bond acceptors (Lipinski definition) is 10. The molecule has 2 atom stereocenters. The molecule has 4 rings (SSSR count). The van der Waals surface area contributed by atoms with E-state index < -0.39 is 17.2 Å². The molecule has 2 saturated heterocycles. The van der Waals surface area contributed by atoms with Crippen LogP contribution in [0.3, 0.4) is 0 Å². The molecule has 0 unspecified atom stereocenters. The third-order valence-corrected chi connectivity index (χ3v) is 5.84. The summed E-state index contributed by atoms with van der Waals surface area (Å²) in [5, 5.41) is 20.4. The van der Waals surface area contributed by atoms with Crippen LogP contribution in [-0.2, 0) is 9.53 Å². The normalized spacial score (nSPS) is 24.3. The average molecular weight is 448 g/mol. The number of carbonyl (C=O) groups is 2. The van der Waals surface area contributed by atoms with Crippen molar-refractivity contribution in [3.05, 3.63) is 30.1 Å². The van der Waals surface area contributed by atoms with Gasteiger partial charge in [-0.15, -0.1) is 0 Å². The van der Waals surface area contributed by atoms with Gasteiger partial charge in [0.15, 0.2) is 11.6 Å². The predicted octanol–water partition coefficient (Wildman–Crippen LogP) is 0.365. The van der Waals surface area contributed by atoms with E-state index in [1.807, 2.05) is 6.92 Å². The molecule has 174 valence electrons. The van der Waals surface area contributed by atoms with Gasteiger partial charge in [-0.1, -0.05) is 0 Å². The summed E-state index contributed by atoms with van der Waals surface area (Å²) < 4.78 is 11.2. The summed E-state index contributed by atoms with van der Waals surface area (Å²) in [6, 6.07) is 1.66. The summed E-state index contributed by atoms with van der Waals surface area (Å²) in [5.74, 6) is 1.09. The highest BCUT2D eigenvalue weighted by atomic mass is 16.5. The second kappa shape index (κ2) is 9.49. The number of hydrogen-bond donors (Lipinski definition) is 4. The topological polar surface area (TPSA) is 177 Å². The summed E-state index contributed by atoms with van der Waals surface area (Å²) in [6.45, 7) is 4.83. The van der Waals surface area contributed by atoms with Crippen LogP contribution in [0.4, 0.5) is 11.8 Å². The van der Waals surface area contributed by atoms with Gasteiger partial charge in [-0.2, -0.15) is 4.98 Å². The van der Waals surface area contributed by atoms with E-state index in [9.17, 15) is 9.90 Å². The molecule has 2 aromatic rings. The first kappa shape index (κ1) is 23.4. The number of amides is 1. The molecule has 12 heteroatoms. The predicted molar refractivity (Wildman–Crippen MR) is 113 cm³/mol. The third kappa shape index (κ3) is 5.14. The van der Waals surface area contributed by atoms with Gasteiger partial charge in [-0.05, 0) is 25.8 Å². The van der Waals surface area contributed by atoms with Gasteiger partial charge in [0.2, 0.25) is 5.95 Å². The largest absolute Gasteiger partial charge is 0.483 e. The molecule has 4 heterocycles. The number of ether oxygens (including phenoxy) is 1. The number of aromatic nitrogens is 3. The molecule has 2 aliphatic heterocycles. The lowest BCUT2D eigenvalue weighted by molar-refractivity contribution is -0.167. The molecule has 1 amide bonds. The van der Waals surface area contributed by atoms with Gasteiger partial charge in [0.1, 0.15) is 18.2 Å². The Bertz CT molecular complexity index is 944. The Morgan fingerprint density at radius 1 is 1.38 bits per heavy atom. The molecule has 0 aliphatic carbocycles. The average Bonchev–Trinajstić information content (AvgIpc) is 3.19. The number of carbonyl (C=O) groups excluding carboxylic acids is 1. The lowest BCUT2D eigenvalue weighted by atomic mass is 9.74. The number of aliphatic hydroxyl groups excluding tert-OH is 1. The Morgan fingerprint density at radius 2 is 2.06 bits per heavy atom. The van der Waals surface area contributed by atoms with E-state index in [4.69, 9.17) is 24.8 Å². The first-order valence-electron chi connectivity index (χ1n) is 10.2. The van der Waals surface area contributed by atoms with E-state index in [1.165, 1.54) is 6.26 Å². The van der Waals surface area contributed by atoms with Crippen LogP contribution in [-0.4, -0.2) is 74.5 Å². The van der Waals surface area contributed by atoms with Gasteiger partial charge in [-0.25, -0.2) is 9.97 Å². The van der Waals surface area contributed by atoms with E-state index in [1.54, 1.807) is 19.2 Å². The van der Waals surface area contributed by atoms with Crippen molar-refractivity contribution in [2.75, 3.05) is 30.3 Å². The number of nitrogen functional groups attached to an aromatic ring is 1. The molecule has 0 radical (unpaired) electrons. The van der Waals surface area contributed by atoms with Crippen molar-refractivity contribution in [3.8, 4) is 0 Å². The van der Waals surface area contributed by atoms with Gasteiger partial charge in [0.25, 0.3) is 12.4 Å². The van der Waals surface area contributed by atoms with Gasteiger partial charge in [-0.3, -0.25) is 9.59 Å². The van der Waals surface area contributed by atoms with E-state index in [-0.39, 0.29) is 24.7 Å². The molecule has 32 heavy (non-hydrogen) atoms. The number of rotatable bonds is 3. The summed E-state index contributed by atoms with van der Waals surface area (Å²) in [6.07, 6.45) is 4.10. The fraction of sp³-hybridized carbons (Fsp3) is 0.550. The molecule has 2 fully saturated rings. The summed E-state index contributed by atoms with van der Waals surface area (Å²) >= 11 is 0. The quantitative estimate of drug-likeness (QED) is 0.477. The minimum absolute atomic E-state index is 0.156. The fourth-order valence-corrected chi connectivity index (χ4v) is 4.15. The highest BCUT2D eigenvalue weighted by Crippen LogP contribution is 2.40. The highest BCUT2D eigenvalue weighted by molar-refractivity contribution is 5.92. The van der Waals surface area contributed by atoms with Crippen molar-refractivity contribution in [1.29, 1.82) is 0 Å². The minimum Gasteiger partial charge on any atom is -0.483 e. The molecule has 0 saturated carbocycles. The molecule has 1 spiro atoms. The SMILES string of the molecule is Cc1nc(C(=O)N[C@]2(C)CC3(CCN(c4nccc(N)n4)CC3)OC[C@H]2O)co1.O=CO. The molecular formula is C20H28N6O6. The van der Waals surface area contributed by atoms with Gasteiger partial charge in [0.05, 0.1) is 17.7 Å². The lowest BCUT2D eigenvalue weighted by Crippen LogP contribution is -2.65. The van der Waals surface area contributed by atoms with Crippen molar-refractivity contribution in [2.24, 2.45) is 0 Å². The Morgan fingerprint density at radius 3 is 2.66 bits per heavy atom. The molecular weight excluding hydrogens is 420 g/mol. The van der Waals surface area contributed by atoms with Crippen LogP contribution >= 0.6 is 0 Å². The minimum atomic E-state index is -0.835. The maximum Gasteiger partial charge on any atom is 0.290 e. The van der Waals surface area contributed by atoms with Crippen LogP contribution in [0, 0.1) is 6.92 Å². The van der Waals surface area contributed by atoms with Crippen LogP contribution in [0.15, 0.2) is 22.9 Å². The fourth-order valence-electron chi connectivity index (χ4n) is 4.15. The van der Waals surface area contributed by atoms with E-state index >= 15 is 0 Å². The van der Waals surface area contributed by atoms with E-state index in [2.05, 4.69) is 25.2 Å². The molecule has 2 aliphatic rings. The summed E-state index contributed by atoms with van der Waals surface area (Å²) in [5.41, 5.74) is 4.70. The van der Waals surface area contributed by atoms with Crippen molar-refractivity contribution in [3.63, 3.8) is 0 Å². The van der Waals surface area contributed by atoms with Gasteiger partial charge >= 0.3 is 0 Å². The van der Waals surface area contributed by atoms with Crippen molar-refractivity contribution >= 4 is 24.1 Å². The van der Waals surface area contributed by atoms with E-state index in [0.717, 1.165) is 12.8 Å². The lowest BCUT2D eigenvalue weighted by Gasteiger charge is -2.51. The van der Waals surface area contributed by atoms with Crippen LogP contribution in [0.1, 0.15) is 42.6 Å². The van der Waals surface area contributed by atoms with Crippen molar-refractivity contribution in [1.82, 2.24) is 20.3 Å². The Hall–Kier alpha value is -3.25. The van der Waals surface area contributed by atoms with Crippen molar-refractivity contribution in [2.45, 2.75) is 50.4 Å². The number of oxazole rings is 1. The first-order chi connectivity index (χ1) is 15.2. The highest BCUT2D eigenvalue weighted by Gasteiger charge is 2.50. The monoisotopic (exact) mass is 448 g/mol. The summed E-state index contributed by atoms with van der Waals surface area (Å²) in [4.78, 5) is 35.7. The summed E-state index contributed by atoms with van der Waals surface area (Å²) in [7, 11) is 0. The van der Waals surface area contributed by atoms with Crippen LogP contribution in [0.2, 0.25) is 0 Å². The zero-order valence-electron chi connectivity index (χ0n) is 18.0.